The molecule has 3 N–H and O–H groups in total. The number of nitrogens with two attached hydrogens (primary N) is 1. The molecule has 0 spiro atoms. The Bertz CT molecular complexity index is 625. The zero-order valence-corrected chi connectivity index (χ0v) is 15.0. The van der Waals surface area contributed by atoms with Crippen LogP contribution in [0.3, 0.4) is 0 Å². The molecule has 1 fully saturated rings. The predicted octanol–water partition coefficient (Wildman–Crippen LogP) is 4.82. The van der Waals surface area contributed by atoms with Crippen molar-refractivity contribution in [3.63, 3.8) is 0 Å². The second-order valence-corrected chi connectivity index (χ2v) is 6.55. The van der Waals surface area contributed by atoms with Crippen molar-refractivity contribution in [2.75, 3.05) is 0 Å². The summed E-state index contributed by atoms with van der Waals surface area (Å²) in [5, 5.41) is 11.1. The SMILES string of the molecule is Cl.N[C@@H](c1ccc(Cl)cc1)[C@H](O)c1ccc(OC2CCCC2)cc1. The standard InChI is InChI=1S/C19H22ClNO2.ClH/c20-15-9-5-13(6-10-15)18(21)19(22)14-7-11-17(12-8-14)23-16-3-1-2-4-16;/h5-12,16,18-19,22H,1-4,21H2;1H/t18-,19+;/m0./s1. The van der Waals surface area contributed by atoms with E-state index < -0.39 is 12.1 Å². The van der Waals surface area contributed by atoms with Gasteiger partial charge in [0.15, 0.2) is 0 Å². The van der Waals surface area contributed by atoms with Crippen LogP contribution in [0.25, 0.3) is 0 Å². The van der Waals surface area contributed by atoms with Crippen LogP contribution in [0, 0.1) is 0 Å². The third kappa shape index (κ3) is 4.64. The van der Waals surface area contributed by atoms with Gasteiger partial charge in [0.1, 0.15) is 5.75 Å². The average Bonchev–Trinajstić information content (AvgIpc) is 3.08. The molecule has 1 saturated carbocycles. The molecule has 1 aliphatic carbocycles. The van der Waals surface area contributed by atoms with Gasteiger partial charge in [0, 0.05) is 5.02 Å². The third-order valence-electron chi connectivity index (χ3n) is 4.42. The van der Waals surface area contributed by atoms with Crippen molar-refractivity contribution in [1.29, 1.82) is 0 Å². The summed E-state index contributed by atoms with van der Waals surface area (Å²) in [6.45, 7) is 0. The molecular weight excluding hydrogens is 345 g/mol. The van der Waals surface area contributed by atoms with E-state index >= 15 is 0 Å². The topological polar surface area (TPSA) is 55.5 Å². The van der Waals surface area contributed by atoms with Crippen molar-refractivity contribution in [2.24, 2.45) is 5.73 Å². The molecule has 24 heavy (non-hydrogen) atoms. The zero-order chi connectivity index (χ0) is 16.2. The lowest BCUT2D eigenvalue weighted by Crippen LogP contribution is -2.19. The highest BCUT2D eigenvalue weighted by Gasteiger charge is 2.20. The van der Waals surface area contributed by atoms with Gasteiger partial charge >= 0.3 is 0 Å². The monoisotopic (exact) mass is 367 g/mol. The van der Waals surface area contributed by atoms with Crippen molar-refractivity contribution in [1.82, 2.24) is 0 Å². The minimum atomic E-state index is -0.767. The van der Waals surface area contributed by atoms with Gasteiger partial charge in [-0.05, 0) is 61.1 Å². The van der Waals surface area contributed by atoms with Crippen LogP contribution in [0.5, 0.6) is 5.75 Å². The molecule has 2 atom stereocenters. The van der Waals surface area contributed by atoms with Gasteiger partial charge in [0.25, 0.3) is 0 Å². The molecule has 2 aromatic carbocycles. The van der Waals surface area contributed by atoms with Crippen molar-refractivity contribution < 1.29 is 9.84 Å². The smallest absolute Gasteiger partial charge is 0.119 e. The first kappa shape index (κ1) is 19.1. The third-order valence-corrected chi connectivity index (χ3v) is 4.67. The van der Waals surface area contributed by atoms with E-state index in [-0.39, 0.29) is 12.4 Å². The van der Waals surface area contributed by atoms with Crippen molar-refractivity contribution in [3.8, 4) is 5.75 Å². The second-order valence-electron chi connectivity index (χ2n) is 6.12. The molecule has 3 rings (SSSR count). The first-order valence-corrected chi connectivity index (χ1v) is 8.47. The molecule has 130 valence electrons. The minimum Gasteiger partial charge on any atom is -0.490 e. The van der Waals surface area contributed by atoms with Gasteiger partial charge in [-0.1, -0.05) is 35.9 Å². The molecule has 0 heterocycles. The molecule has 0 saturated heterocycles. The van der Waals surface area contributed by atoms with E-state index in [4.69, 9.17) is 22.1 Å². The van der Waals surface area contributed by atoms with Gasteiger partial charge in [-0.25, -0.2) is 0 Å². The van der Waals surface area contributed by atoms with E-state index in [1.807, 2.05) is 36.4 Å². The van der Waals surface area contributed by atoms with Crippen LogP contribution < -0.4 is 10.5 Å². The highest BCUT2D eigenvalue weighted by Crippen LogP contribution is 2.30. The van der Waals surface area contributed by atoms with Crippen LogP contribution in [-0.2, 0) is 0 Å². The van der Waals surface area contributed by atoms with Crippen LogP contribution in [-0.4, -0.2) is 11.2 Å². The van der Waals surface area contributed by atoms with E-state index in [2.05, 4.69) is 0 Å². The first-order chi connectivity index (χ1) is 11.1. The van der Waals surface area contributed by atoms with Gasteiger partial charge in [0.2, 0.25) is 0 Å². The van der Waals surface area contributed by atoms with Crippen molar-refractivity contribution in [3.05, 3.63) is 64.7 Å². The molecule has 2 aromatic rings. The molecule has 3 nitrogen and oxygen atoms in total. The Morgan fingerprint density at radius 1 is 0.958 bits per heavy atom. The fraction of sp³-hybridized carbons (Fsp3) is 0.368. The van der Waals surface area contributed by atoms with Gasteiger partial charge in [-0.2, -0.15) is 0 Å². The number of hydrogen-bond donors (Lipinski definition) is 2. The summed E-state index contributed by atoms with van der Waals surface area (Å²) < 4.78 is 5.94. The largest absolute Gasteiger partial charge is 0.490 e. The number of rotatable bonds is 5. The first-order valence-electron chi connectivity index (χ1n) is 8.09. The normalized spacial score (nSPS) is 17.1. The summed E-state index contributed by atoms with van der Waals surface area (Å²) in [6.07, 6.45) is 4.32. The Kier molecular flexibility index (Phi) is 6.93. The van der Waals surface area contributed by atoms with Crippen LogP contribution in [0.4, 0.5) is 0 Å². The molecule has 0 bridgehead atoms. The molecule has 0 aliphatic heterocycles. The summed E-state index contributed by atoms with van der Waals surface area (Å²) in [7, 11) is 0. The van der Waals surface area contributed by atoms with Gasteiger partial charge in [-0.15, -0.1) is 12.4 Å². The molecule has 0 amide bonds. The minimum absolute atomic E-state index is 0. The summed E-state index contributed by atoms with van der Waals surface area (Å²) in [4.78, 5) is 0. The molecular formula is C19H23Cl2NO2. The van der Waals surface area contributed by atoms with Gasteiger partial charge in [0.05, 0.1) is 18.2 Å². The lowest BCUT2D eigenvalue weighted by atomic mass is 9.96. The number of hydrogen-bond acceptors (Lipinski definition) is 3. The maximum absolute atomic E-state index is 10.5. The lowest BCUT2D eigenvalue weighted by Gasteiger charge is -2.20. The summed E-state index contributed by atoms with van der Waals surface area (Å²) in [6, 6.07) is 14.3. The Morgan fingerprint density at radius 3 is 2.08 bits per heavy atom. The van der Waals surface area contributed by atoms with E-state index in [0.29, 0.717) is 11.1 Å². The van der Waals surface area contributed by atoms with Crippen molar-refractivity contribution in [2.45, 2.75) is 43.9 Å². The highest BCUT2D eigenvalue weighted by molar-refractivity contribution is 6.30. The van der Waals surface area contributed by atoms with Crippen LogP contribution in [0.1, 0.15) is 49.0 Å². The van der Waals surface area contributed by atoms with Crippen LogP contribution >= 0.6 is 24.0 Å². The Balaban J connectivity index is 0.00000208. The predicted molar refractivity (Wildman–Crippen MR) is 99.9 cm³/mol. The summed E-state index contributed by atoms with van der Waals surface area (Å²) in [5.74, 6) is 0.855. The summed E-state index contributed by atoms with van der Waals surface area (Å²) >= 11 is 5.88. The number of benzene rings is 2. The molecule has 0 aromatic heterocycles. The van der Waals surface area contributed by atoms with Crippen LogP contribution in [0.15, 0.2) is 48.5 Å². The Labute approximate surface area is 154 Å². The molecule has 1 aliphatic rings. The maximum Gasteiger partial charge on any atom is 0.119 e. The fourth-order valence-electron chi connectivity index (χ4n) is 3.02. The quantitative estimate of drug-likeness (QED) is 0.796. The number of aliphatic hydroxyl groups is 1. The Morgan fingerprint density at radius 2 is 1.50 bits per heavy atom. The number of halogens is 2. The number of ether oxygens (including phenoxy) is 1. The molecule has 0 radical (unpaired) electrons. The fourth-order valence-corrected chi connectivity index (χ4v) is 3.14. The van der Waals surface area contributed by atoms with Crippen LogP contribution in [0.2, 0.25) is 5.02 Å². The van der Waals surface area contributed by atoms with Gasteiger partial charge in [-0.3, -0.25) is 0 Å². The van der Waals surface area contributed by atoms with E-state index in [1.165, 1.54) is 12.8 Å². The second kappa shape index (κ2) is 8.72. The van der Waals surface area contributed by atoms with E-state index in [0.717, 1.165) is 29.7 Å². The molecule has 0 unspecified atom stereocenters. The number of aliphatic hydroxyl groups excluding tert-OH is 1. The van der Waals surface area contributed by atoms with Gasteiger partial charge < -0.3 is 15.6 Å². The zero-order valence-electron chi connectivity index (χ0n) is 13.4. The summed E-state index contributed by atoms with van der Waals surface area (Å²) in [5.41, 5.74) is 7.80. The van der Waals surface area contributed by atoms with E-state index in [1.54, 1.807) is 12.1 Å². The lowest BCUT2D eigenvalue weighted by molar-refractivity contribution is 0.146. The van der Waals surface area contributed by atoms with E-state index in [9.17, 15) is 5.11 Å². The highest BCUT2D eigenvalue weighted by atomic mass is 35.5. The molecule has 5 heteroatoms. The van der Waals surface area contributed by atoms with Crippen molar-refractivity contribution >= 4 is 24.0 Å². The average molecular weight is 368 g/mol. The Hall–Kier alpha value is -1.26. The maximum atomic E-state index is 10.5.